The smallest absolute Gasteiger partial charge is 0.267 e. The van der Waals surface area contributed by atoms with Gasteiger partial charge in [-0.15, -0.1) is 22.7 Å². The van der Waals surface area contributed by atoms with Gasteiger partial charge in [0.2, 0.25) is 0 Å². The van der Waals surface area contributed by atoms with E-state index in [2.05, 4.69) is 10.3 Å². The second-order valence-corrected chi connectivity index (χ2v) is 8.07. The maximum Gasteiger partial charge on any atom is 0.267 e. The van der Waals surface area contributed by atoms with Gasteiger partial charge in [-0.3, -0.25) is 4.79 Å². The van der Waals surface area contributed by atoms with Crippen molar-refractivity contribution in [3.8, 4) is 10.6 Å². The molecule has 0 atom stereocenters. The molecule has 0 spiro atoms. The average Bonchev–Trinajstić information content (AvgIpc) is 3.26. The van der Waals surface area contributed by atoms with Crippen molar-refractivity contribution in [3.63, 3.8) is 0 Å². The number of thiophene rings is 2. The molecule has 1 amide bonds. The minimum Gasteiger partial charge on any atom is -0.397 e. The highest BCUT2D eigenvalue weighted by molar-refractivity contribution is 7.21. The Morgan fingerprint density at radius 3 is 2.69 bits per heavy atom. The van der Waals surface area contributed by atoms with Crippen molar-refractivity contribution in [1.82, 2.24) is 4.98 Å². The summed E-state index contributed by atoms with van der Waals surface area (Å²) in [6.45, 7) is 4.07. The van der Waals surface area contributed by atoms with E-state index in [1.807, 2.05) is 61.7 Å². The molecule has 3 N–H and O–H groups in total. The van der Waals surface area contributed by atoms with Gasteiger partial charge in [-0.1, -0.05) is 12.1 Å². The standard InChI is InChI=1S/C20H17N3OS2/c1-11-5-6-13(10-12(11)2)22-19(24)18-17(21)14-7-8-15(23-20(14)26-18)16-4-3-9-25-16/h3-10H,21H2,1-2H3,(H,22,24). The number of rotatable bonds is 3. The van der Waals surface area contributed by atoms with E-state index < -0.39 is 0 Å². The van der Waals surface area contributed by atoms with E-state index in [9.17, 15) is 4.79 Å². The molecular formula is C20H17N3OS2. The summed E-state index contributed by atoms with van der Waals surface area (Å²) in [4.78, 5) is 19.8. The van der Waals surface area contributed by atoms with Crippen molar-refractivity contribution in [2.75, 3.05) is 11.1 Å². The lowest BCUT2D eigenvalue weighted by molar-refractivity contribution is 0.103. The molecule has 3 heterocycles. The highest BCUT2D eigenvalue weighted by Crippen LogP contribution is 2.35. The van der Waals surface area contributed by atoms with Crippen molar-refractivity contribution < 1.29 is 4.79 Å². The van der Waals surface area contributed by atoms with Crippen molar-refractivity contribution in [2.24, 2.45) is 0 Å². The lowest BCUT2D eigenvalue weighted by Crippen LogP contribution is -2.12. The van der Waals surface area contributed by atoms with Crippen LogP contribution in [0.15, 0.2) is 47.8 Å². The van der Waals surface area contributed by atoms with Crippen molar-refractivity contribution >= 4 is 50.2 Å². The molecule has 0 aliphatic rings. The number of nitrogens with one attached hydrogen (secondary N) is 1. The Kier molecular flexibility index (Phi) is 4.22. The minimum atomic E-state index is -0.202. The number of nitrogens with zero attached hydrogens (tertiary/aromatic N) is 1. The van der Waals surface area contributed by atoms with Gasteiger partial charge in [-0.2, -0.15) is 0 Å². The maximum absolute atomic E-state index is 12.7. The Hall–Kier alpha value is -2.70. The molecule has 26 heavy (non-hydrogen) atoms. The largest absolute Gasteiger partial charge is 0.397 e. The van der Waals surface area contributed by atoms with E-state index in [1.165, 1.54) is 16.9 Å². The predicted octanol–water partition coefficient (Wildman–Crippen LogP) is 5.48. The van der Waals surface area contributed by atoms with Crippen LogP contribution in [0.4, 0.5) is 11.4 Å². The molecule has 0 radical (unpaired) electrons. The summed E-state index contributed by atoms with van der Waals surface area (Å²) in [5, 5.41) is 5.78. The molecule has 3 aromatic heterocycles. The molecule has 130 valence electrons. The zero-order valence-corrected chi connectivity index (χ0v) is 16.0. The van der Waals surface area contributed by atoms with Crippen LogP contribution in [0.25, 0.3) is 20.8 Å². The Labute approximate surface area is 159 Å². The van der Waals surface area contributed by atoms with Crippen LogP contribution in [0.2, 0.25) is 0 Å². The topological polar surface area (TPSA) is 68.0 Å². The van der Waals surface area contributed by atoms with Crippen LogP contribution in [0, 0.1) is 13.8 Å². The highest BCUT2D eigenvalue weighted by Gasteiger charge is 2.18. The molecule has 6 heteroatoms. The Bertz CT molecular complexity index is 1110. The number of nitrogen functional groups attached to an aromatic ring is 1. The van der Waals surface area contributed by atoms with E-state index in [0.717, 1.165) is 32.0 Å². The quantitative estimate of drug-likeness (QED) is 0.495. The normalized spacial score (nSPS) is 11.0. The number of carbonyl (C=O) groups excluding carboxylic acids is 1. The fraction of sp³-hybridized carbons (Fsp3) is 0.100. The number of fused-ring (bicyclic) bond motifs is 1. The number of anilines is 2. The first kappa shape index (κ1) is 16.8. The van der Waals surface area contributed by atoms with Gasteiger partial charge in [0.25, 0.3) is 5.91 Å². The van der Waals surface area contributed by atoms with Crippen LogP contribution in [-0.2, 0) is 0 Å². The van der Waals surface area contributed by atoms with Crippen LogP contribution in [0.3, 0.4) is 0 Å². The molecule has 4 aromatic rings. The number of aryl methyl sites for hydroxylation is 2. The molecule has 0 aliphatic carbocycles. The van der Waals surface area contributed by atoms with E-state index in [1.54, 1.807) is 11.3 Å². The van der Waals surface area contributed by atoms with Crippen molar-refractivity contribution in [1.29, 1.82) is 0 Å². The lowest BCUT2D eigenvalue weighted by atomic mass is 10.1. The Morgan fingerprint density at radius 1 is 1.12 bits per heavy atom. The van der Waals surface area contributed by atoms with Crippen LogP contribution < -0.4 is 11.1 Å². The average molecular weight is 380 g/mol. The van der Waals surface area contributed by atoms with Gasteiger partial charge in [0.05, 0.1) is 16.3 Å². The van der Waals surface area contributed by atoms with Gasteiger partial charge in [0, 0.05) is 11.1 Å². The van der Waals surface area contributed by atoms with Crippen LogP contribution in [0.1, 0.15) is 20.8 Å². The number of benzene rings is 1. The van der Waals surface area contributed by atoms with Gasteiger partial charge < -0.3 is 11.1 Å². The first-order valence-electron chi connectivity index (χ1n) is 8.14. The third-order valence-electron chi connectivity index (χ3n) is 4.34. The van der Waals surface area contributed by atoms with E-state index in [-0.39, 0.29) is 5.91 Å². The predicted molar refractivity (Wildman–Crippen MR) is 111 cm³/mol. The van der Waals surface area contributed by atoms with Gasteiger partial charge in [0.1, 0.15) is 9.71 Å². The maximum atomic E-state index is 12.7. The van der Waals surface area contributed by atoms with Gasteiger partial charge >= 0.3 is 0 Å². The van der Waals surface area contributed by atoms with Gasteiger partial charge in [-0.05, 0) is 60.7 Å². The summed E-state index contributed by atoms with van der Waals surface area (Å²) >= 11 is 2.96. The fourth-order valence-corrected chi connectivity index (χ4v) is 4.42. The first-order chi connectivity index (χ1) is 12.5. The number of hydrogen-bond donors (Lipinski definition) is 2. The number of pyridine rings is 1. The number of amides is 1. The molecule has 0 bridgehead atoms. The molecule has 4 rings (SSSR count). The fourth-order valence-electron chi connectivity index (χ4n) is 2.73. The van der Waals surface area contributed by atoms with Gasteiger partial charge in [0.15, 0.2) is 0 Å². The minimum absolute atomic E-state index is 0.202. The summed E-state index contributed by atoms with van der Waals surface area (Å²) in [6, 6.07) is 13.8. The van der Waals surface area contributed by atoms with E-state index >= 15 is 0 Å². The number of hydrogen-bond acceptors (Lipinski definition) is 5. The van der Waals surface area contributed by atoms with Crippen LogP contribution in [0.5, 0.6) is 0 Å². The first-order valence-corrected chi connectivity index (χ1v) is 9.84. The Balaban J connectivity index is 1.68. The third-order valence-corrected chi connectivity index (χ3v) is 6.34. The molecule has 0 aliphatic heterocycles. The number of aromatic nitrogens is 1. The summed E-state index contributed by atoms with van der Waals surface area (Å²) in [6.07, 6.45) is 0. The van der Waals surface area contributed by atoms with E-state index in [4.69, 9.17) is 5.73 Å². The van der Waals surface area contributed by atoms with E-state index in [0.29, 0.717) is 10.6 Å². The van der Waals surface area contributed by atoms with Crippen LogP contribution in [-0.4, -0.2) is 10.9 Å². The third kappa shape index (κ3) is 2.98. The van der Waals surface area contributed by atoms with Crippen LogP contribution >= 0.6 is 22.7 Å². The monoisotopic (exact) mass is 379 g/mol. The summed E-state index contributed by atoms with van der Waals surface area (Å²) in [5.74, 6) is -0.202. The molecule has 4 nitrogen and oxygen atoms in total. The second kappa shape index (κ2) is 6.55. The molecule has 0 unspecified atom stereocenters. The van der Waals surface area contributed by atoms with Crippen molar-refractivity contribution in [3.05, 3.63) is 63.8 Å². The van der Waals surface area contributed by atoms with Gasteiger partial charge in [-0.25, -0.2) is 4.98 Å². The second-order valence-electron chi connectivity index (χ2n) is 6.12. The zero-order chi connectivity index (χ0) is 18.3. The zero-order valence-electron chi connectivity index (χ0n) is 14.4. The number of nitrogens with two attached hydrogens (primary N) is 1. The molecule has 0 saturated heterocycles. The molecular weight excluding hydrogens is 362 g/mol. The lowest BCUT2D eigenvalue weighted by Gasteiger charge is -2.07. The Morgan fingerprint density at radius 2 is 1.96 bits per heavy atom. The molecule has 1 aromatic carbocycles. The van der Waals surface area contributed by atoms with Crippen molar-refractivity contribution in [2.45, 2.75) is 13.8 Å². The highest BCUT2D eigenvalue weighted by atomic mass is 32.1. The summed E-state index contributed by atoms with van der Waals surface area (Å²) < 4.78 is 0. The summed E-state index contributed by atoms with van der Waals surface area (Å²) in [5.41, 5.74) is 10.7. The molecule has 0 saturated carbocycles. The summed E-state index contributed by atoms with van der Waals surface area (Å²) in [7, 11) is 0. The number of carbonyl (C=O) groups is 1. The molecule has 0 fully saturated rings. The SMILES string of the molecule is Cc1ccc(NC(=O)c2sc3nc(-c4cccs4)ccc3c2N)cc1C.